The van der Waals surface area contributed by atoms with Crippen molar-refractivity contribution in [3.05, 3.63) is 0 Å². The minimum atomic E-state index is -0.687. The van der Waals surface area contributed by atoms with Gasteiger partial charge >= 0.3 is 5.97 Å². The maximum absolute atomic E-state index is 12.4. The summed E-state index contributed by atoms with van der Waals surface area (Å²) in [7, 11) is 0. The van der Waals surface area contributed by atoms with Crippen LogP contribution in [-0.4, -0.2) is 69.5 Å². The largest absolute Gasteiger partial charge is 0.480 e. The number of carbonyl (C=O) groups excluding carboxylic acids is 1. The van der Waals surface area contributed by atoms with E-state index in [4.69, 9.17) is 0 Å². The van der Waals surface area contributed by atoms with Crippen LogP contribution in [0.3, 0.4) is 0 Å². The van der Waals surface area contributed by atoms with E-state index in [0.717, 1.165) is 63.9 Å². The Morgan fingerprint density at radius 1 is 1.00 bits per heavy atom. The first-order valence-corrected chi connectivity index (χ1v) is 9.10. The number of nitrogens with zero attached hydrogens (tertiary/aromatic N) is 2. The molecule has 3 saturated heterocycles. The molecule has 0 aliphatic carbocycles. The van der Waals surface area contributed by atoms with Gasteiger partial charge in [0.2, 0.25) is 5.91 Å². The van der Waals surface area contributed by atoms with Crippen LogP contribution in [0, 0.1) is 0 Å². The highest BCUT2D eigenvalue weighted by atomic mass is 32.2. The molecule has 0 saturated carbocycles. The van der Waals surface area contributed by atoms with Crippen molar-refractivity contribution in [2.24, 2.45) is 0 Å². The molecule has 118 valence electrons. The van der Waals surface area contributed by atoms with E-state index in [2.05, 4.69) is 4.90 Å². The van der Waals surface area contributed by atoms with Gasteiger partial charge in [-0.2, -0.15) is 0 Å². The maximum Gasteiger partial charge on any atom is 0.320 e. The van der Waals surface area contributed by atoms with E-state index in [1.807, 2.05) is 4.90 Å². The van der Waals surface area contributed by atoms with E-state index in [9.17, 15) is 14.7 Å². The molecule has 0 aromatic rings. The number of rotatable bonds is 3. The molecule has 0 spiro atoms. The summed E-state index contributed by atoms with van der Waals surface area (Å²) in [5, 5.41) is 9.47. The summed E-state index contributed by atoms with van der Waals surface area (Å²) in [4.78, 5) is 27.9. The Balaban J connectivity index is 1.52. The van der Waals surface area contributed by atoms with Crippen molar-refractivity contribution in [2.75, 3.05) is 25.4 Å². The Bertz CT molecular complexity index is 404. The molecule has 2 unspecified atom stereocenters. The van der Waals surface area contributed by atoms with Gasteiger partial charge in [0.1, 0.15) is 6.04 Å². The van der Waals surface area contributed by atoms with Gasteiger partial charge in [-0.25, -0.2) is 0 Å². The van der Waals surface area contributed by atoms with Gasteiger partial charge < -0.3 is 10.0 Å². The number of aliphatic carboxylic acids is 1. The lowest BCUT2D eigenvalue weighted by molar-refractivity contribution is -0.144. The molecule has 3 rings (SSSR count). The monoisotopic (exact) mass is 312 g/mol. The molecule has 0 aromatic heterocycles. The Kier molecular flexibility index (Phi) is 4.74. The van der Waals surface area contributed by atoms with Crippen LogP contribution in [0.4, 0.5) is 0 Å². The first-order chi connectivity index (χ1) is 10.2. The van der Waals surface area contributed by atoms with Gasteiger partial charge in [-0.3, -0.25) is 14.5 Å². The van der Waals surface area contributed by atoms with Crippen LogP contribution in [0.5, 0.6) is 0 Å². The van der Waals surface area contributed by atoms with Crippen molar-refractivity contribution in [3.63, 3.8) is 0 Å². The molecule has 6 heteroatoms. The second-order valence-electron chi connectivity index (χ2n) is 6.29. The summed E-state index contributed by atoms with van der Waals surface area (Å²) >= 11 is 1.80. The predicted molar refractivity (Wildman–Crippen MR) is 82.4 cm³/mol. The number of carboxylic acid groups (broad SMARTS) is 1. The molecule has 3 heterocycles. The van der Waals surface area contributed by atoms with Gasteiger partial charge in [0.05, 0.1) is 5.25 Å². The lowest BCUT2D eigenvalue weighted by atomic mass is 10.0. The molecule has 2 atom stereocenters. The second kappa shape index (κ2) is 6.57. The fraction of sp³-hybridized carbons (Fsp3) is 0.867. The minimum Gasteiger partial charge on any atom is -0.480 e. The summed E-state index contributed by atoms with van der Waals surface area (Å²) < 4.78 is 0. The quantitative estimate of drug-likeness (QED) is 0.854. The molecule has 0 aromatic carbocycles. The number of amides is 1. The molecule has 0 bridgehead atoms. The van der Waals surface area contributed by atoms with Crippen LogP contribution in [0.1, 0.15) is 38.5 Å². The average Bonchev–Trinajstić information content (AvgIpc) is 3.18. The van der Waals surface area contributed by atoms with Crippen LogP contribution in [-0.2, 0) is 9.59 Å². The molecule has 3 aliphatic rings. The SMILES string of the molecule is O=C(O)C1CCCN1C1CCN(C(=O)C2CCCS2)CC1. The van der Waals surface area contributed by atoms with E-state index < -0.39 is 5.97 Å². The third kappa shape index (κ3) is 3.21. The van der Waals surface area contributed by atoms with Gasteiger partial charge in [0, 0.05) is 19.1 Å². The normalized spacial score (nSPS) is 31.7. The van der Waals surface area contributed by atoms with Crippen LogP contribution >= 0.6 is 11.8 Å². The Morgan fingerprint density at radius 2 is 1.76 bits per heavy atom. The first kappa shape index (κ1) is 15.2. The van der Waals surface area contributed by atoms with E-state index in [0.29, 0.717) is 11.9 Å². The summed E-state index contributed by atoms with van der Waals surface area (Å²) in [5.74, 6) is 0.738. The number of carbonyl (C=O) groups is 2. The molecule has 1 N–H and O–H groups in total. The van der Waals surface area contributed by atoms with Gasteiger partial charge in [-0.15, -0.1) is 11.8 Å². The lowest BCUT2D eigenvalue weighted by Crippen LogP contribution is -2.51. The van der Waals surface area contributed by atoms with Crippen LogP contribution < -0.4 is 0 Å². The van der Waals surface area contributed by atoms with Crippen molar-refractivity contribution >= 4 is 23.6 Å². The molecule has 3 aliphatic heterocycles. The summed E-state index contributed by atoms with van der Waals surface area (Å²) in [6, 6.07) is 0.0384. The van der Waals surface area contributed by atoms with E-state index in [-0.39, 0.29) is 11.3 Å². The number of carboxylic acids is 1. The molecular formula is C15H24N2O3S. The molecule has 0 radical (unpaired) electrons. The highest BCUT2D eigenvalue weighted by Gasteiger charge is 2.38. The topological polar surface area (TPSA) is 60.9 Å². The third-order valence-electron chi connectivity index (χ3n) is 5.03. The number of hydrogen-bond acceptors (Lipinski definition) is 4. The Labute approximate surface area is 130 Å². The fourth-order valence-corrected chi connectivity index (χ4v) is 5.13. The molecule has 21 heavy (non-hydrogen) atoms. The van der Waals surface area contributed by atoms with Gasteiger partial charge in [-0.1, -0.05) is 0 Å². The molecule has 1 amide bonds. The smallest absolute Gasteiger partial charge is 0.320 e. The van der Waals surface area contributed by atoms with Crippen molar-refractivity contribution < 1.29 is 14.7 Å². The van der Waals surface area contributed by atoms with E-state index in [1.165, 1.54) is 0 Å². The highest BCUT2D eigenvalue weighted by molar-refractivity contribution is 8.00. The zero-order valence-corrected chi connectivity index (χ0v) is 13.2. The predicted octanol–water partition coefficient (Wildman–Crippen LogP) is 1.42. The number of piperidine rings is 1. The first-order valence-electron chi connectivity index (χ1n) is 8.06. The lowest BCUT2D eigenvalue weighted by Gasteiger charge is -2.39. The van der Waals surface area contributed by atoms with Crippen molar-refractivity contribution in [1.82, 2.24) is 9.80 Å². The van der Waals surface area contributed by atoms with Gasteiger partial charge in [-0.05, 0) is 50.8 Å². The third-order valence-corrected chi connectivity index (χ3v) is 6.39. The highest BCUT2D eigenvalue weighted by Crippen LogP contribution is 2.30. The van der Waals surface area contributed by atoms with Crippen molar-refractivity contribution in [2.45, 2.75) is 55.9 Å². The number of thioether (sulfide) groups is 1. The van der Waals surface area contributed by atoms with E-state index >= 15 is 0 Å². The summed E-state index contributed by atoms with van der Waals surface area (Å²) in [6.45, 7) is 2.49. The molecular weight excluding hydrogens is 288 g/mol. The maximum atomic E-state index is 12.4. The number of likely N-dealkylation sites (tertiary alicyclic amines) is 2. The van der Waals surface area contributed by atoms with Crippen LogP contribution in [0.25, 0.3) is 0 Å². The molecule has 3 fully saturated rings. The molecule has 5 nitrogen and oxygen atoms in total. The Morgan fingerprint density at radius 3 is 2.38 bits per heavy atom. The standard InChI is InChI=1S/C15H24N2O3S/c18-14(13-4-2-10-21-13)16-8-5-11(6-9-16)17-7-1-3-12(17)15(19)20/h11-13H,1-10H2,(H,19,20). The number of hydrogen-bond donors (Lipinski definition) is 1. The van der Waals surface area contributed by atoms with Gasteiger partial charge in [0.25, 0.3) is 0 Å². The second-order valence-corrected chi connectivity index (χ2v) is 7.60. The van der Waals surface area contributed by atoms with Crippen LogP contribution in [0.2, 0.25) is 0 Å². The van der Waals surface area contributed by atoms with Crippen LogP contribution in [0.15, 0.2) is 0 Å². The Hall–Kier alpha value is -0.750. The minimum absolute atomic E-state index is 0.181. The van der Waals surface area contributed by atoms with Crippen molar-refractivity contribution in [3.8, 4) is 0 Å². The average molecular weight is 312 g/mol. The summed E-state index contributed by atoms with van der Waals surface area (Å²) in [5.41, 5.74) is 0. The fourth-order valence-electron chi connectivity index (χ4n) is 3.89. The van der Waals surface area contributed by atoms with Gasteiger partial charge in [0.15, 0.2) is 0 Å². The van der Waals surface area contributed by atoms with E-state index in [1.54, 1.807) is 11.8 Å². The zero-order chi connectivity index (χ0) is 14.8. The summed E-state index contributed by atoms with van der Waals surface area (Å²) in [6.07, 6.45) is 5.78. The van der Waals surface area contributed by atoms with Crippen molar-refractivity contribution in [1.29, 1.82) is 0 Å². The zero-order valence-electron chi connectivity index (χ0n) is 12.4.